The van der Waals surface area contributed by atoms with Crippen molar-refractivity contribution >= 4 is 17.7 Å². The van der Waals surface area contributed by atoms with Gasteiger partial charge in [-0.1, -0.05) is 17.7 Å². The van der Waals surface area contributed by atoms with Crippen molar-refractivity contribution < 1.29 is 9.90 Å². The molecule has 0 aliphatic heterocycles. The van der Waals surface area contributed by atoms with Crippen molar-refractivity contribution in [1.82, 2.24) is 0 Å². The van der Waals surface area contributed by atoms with E-state index >= 15 is 0 Å². The fourth-order valence-electron chi connectivity index (χ4n) is 1.06. The van der Waals surface area contributed by atoms with E-state index in [2.05, 4.69) is 4.99 Å². The van der Waals surface area contributed by atoms with Gasteiger partial charge in [-0.25, -0.2) is 9.79 Å². The zero-order chi connectivity index (χ0) is 9.84. The van der Waals surface area contributed by atoms with Gasteiger partial charge in [-0.15, -0.1) is 0 Å². The number of halogens is 1. The van der Waals surface area contributed by atoms with Crippen molar-refractivity contribution in [3.05, 3.63) is 28.3 Å². The lowest BCUT2D eigenvalue weighted by Crippen LogP contribution is -1.86. The predicted molar refractivity (Wildman–Crippen MR) is 49.7 cm³/mol. The third-order valence-corrected chi connectivity index (χ3v) is 2.02. The van der Waals surface area contributed by atoms with Crippen molar-refractivity contribution in [3.8, 4) is 5.75 Å². The van der Waals surface area contributed by atoms with Crippen LogP contribution in [0.15, 0.2) is 17.1 Å². The molecule has 13 heavy (non-hydrogen) atoms. The third-order valence-electron chi connectivity index (χ3n) is 1.59. The van der Waals surface area contributed by atoms with Crippen LogP contribution in [0.1, 0.15) is 11.1 Å². The fourth-order valence-corrected chi connectivity index (χ4v) is 1.22. The first-order valence-corrected chi connectivity index (χ1v) is 4.04. The minimum Gasteiger partial charge on any atom is -0.506 e. The molecule has 0 atom stereocenters. The zero-order valence-electron chi connectivity index (χ0n) is 7.04. The normalized spacial score (nSPS) is 9.38. The molecule has 1 aromatic rings. The Morgan fingerprint density at radius 2 is 2.31 bits per heavy atom. The van der Waals surface area contributed by atoms with E-state index in [9.17, 15) is 9.90 Å². The van der Waals surface area contributed by atoms with Crippen molar-refractivity contribution in [2.45, 2.75) is 13.5 Å². The molecule has 4 heteroatoms. The summed E-state index contributed by atoms with van der Waals surface area (Å²) in [5.74, 6) is 0.0118. The van der Waals surface area contributed by atoms with Crippen LogP contribution in [-0.4, -0.2) is 11.2 Å². The molecule has 0 aliphatic carbocycles. The first-order chi connectivity index (χ1) is 6.15. The van der Waals surface area contributed by atoms with E-state index in [1.807, 2.05) is 6.92 Å². The molecule has 0 unspecified atom stereocenters. The maximum absolute atomic E-state index is 9.86. The van der Waals surface area contributed by atoms with Crippen molar-refractivity contribution in [2.75, 3.05) is 0 Å². The van der Waals surface area contributed by atoms with Crippen LogP contribution in [0.4, 0.5) is 0 Å². The molecule has 3 nitrogen and oxygen atoms in total. The summed E-state index contributed by atoms with van der Waals surface area (Å²) in [6.45, 7) is 1.97. The number of rotatable bonds is 2. The Labute approximate surface area is 80.7 Å². The van der Waals surface area contributed by atoms with E-state index in [0.29, 0.717) is 5.56 Å². The summed E-state index contributed by atoms with van der Waals surface area (Å²) < 4.78 is 0. The Bertz CT molecular complexity index is 370. The van der Waals surface area contributed by atoms with Crippen molar-refractivity contribution in [3.63, 3.8) is 0 Å². The van der Waals surface area contributed by atoms with Crippen molar-refractivity contribution in [2.24, 2.45) is 4.99 Å². The standard InChI is InChI=1S/C9H8ClNO2/c1-6-2-7(4-11-5-12)9(10)8(13)3-6/h2-3,13H,4H2,1H3. The van der Waals surface area contributed by atoms with E-state index in [1.54, 1.807) is 12.1 Å². The number of aliphatic imine (C=N–C) groups is 1. The van der Waals surface area contributed by atoms with E-state index in [1.165, 1.54) is 6.08 Å². The molecule has 0 aliphatic rings. The molecule has 0 heterocycles. The topological polar surface area (TPSA) is 49.7 Å². The second kappa shape index (κ2) is 4.08. The highest BCUT2D eigenvalue weighted by Gasteiger charge is 2.05. The highest BCUT2D eigenvalue weighted by Crippen LogP contribution is 2.28. The molecule has 0 saturated heterocycles. The van der Waals surface area contributed by atoms with Gasteiger partial charge in [-0.05, 0) is 24.1 Å². The van der Waals surface area contributed by atoms with E-state index in [-0.39, 0.29) is 17.3 Å². The lowest BCUT2D eigenvalue weighted by atomic mass is 10.1. The molecular weight excluding hydrogens is 190 g/mol. The highest BCUT2D eigenvalue weighted by molar-refractivity contribution is 6.32. The number of phenolic OH excluding ortho intramolecular Hbond substituents is 1. The van der Waals surface area contributed by atoms with Gasteiger partial charge in [0.05, 0.1) is 11.6 Å². The summed E-state index contributed by atoms with van der Waals surface area (Å²) in [6.07, 6.45) is 1.42. The average molecular weight is 198 g/mol. The lowest BCUT2D eigenvalue weighted by molar-refractivity contribution is 0.474. The summed E-state index contributed by atoms with van der Waals surface area (Å²) >= 11 is 5.76. The summed E-state index contributed by atoms with van der Waals surface area (Å²) in [7, 11) is 0. The number of phenols is 1. The largest absolute Gasteiger partial charge is 0.506 e. The average Bonchev–Trinajstić information content (AvgIpc) is 2.09. The Morgan fingerprint density at radius 3 is 2.92 bits per heavy atom. The van der Waals surface area contributed by atoms with E-state index in [0.717, 1.165) is 5.56 Å². The van der Waals surface area contributed by atoms with Gasteiger partial charge in [0.25, 0.3) is 0 Å². The molecule has 1 N–H and O–H groups in total. The summed E-state index contributed by atoms with van der Waals surface area (Å²) in [4.78, 5) is 13.2. The van der Waals surface area contributed by atoms with Gasteiger partial charge in [0.15, 0.2) is 0 Å². The van der Waals surface area contributed by atoms with Gasteiger partial charge in [-0.2, -0.15) is 0 Å². The molecule has 1 aromatic carbocycles. The Balaban J connectivity index is 3.12. The van der Waals surface area contributed by atoms with Crippen LogP contribution in [0, 0.1) is 6.92 Å². The van der Waals surface area contributed by atoms with Gasteiger partial charge >= 0.3 is 0 Å². The molecule has 0 aromatic heterocycles. The number of aryl methyl sites for hydroxylation is 1. The molecule has 0 amide bonds. The molecule has 0 saturated carbocycles. The van der Waals surface area contributed by atoms with Gasteiger partial charge in [0.1, 0.15) is 5.75 Å². The molecule has 0 fully saturated rings. The smallest absolute Gasteiger partial charge is 0.235 e. The second-order valence-electron chi connectivity index (χ2n) is 2.66. The fraction of sp³-hybridized carbons (Fsp3) is 0.222. The Kier molecular flexibility index (Phi) is 3.07. The molecule has 68 valence electrons. The number of aromatic hydroxyl groups is 1. The van der Waals surface area contributed by atoms with E-state index in [4.69, 9.17) is 11.6 Å². The highest BCUT2D eigenvalue weighted by atomic mass is 35.5. The maximum atomic E-state index is 9.86. The SMILES string of the molecule is Cc1cc(O)c(Cl)c(CN=C=O)c1. The van der Waals surface area contributed by atoms with Crippen LogP contribution in [-0.2, 0) is 11.3 Å². The Hall–Kier alpha value is -1.31. The van der Waals surface area contributed by atoms with Crippen molar-refractivity contribution in [1.29, 1.82) is 0 Å². The quantitative estimate of drug-likeness (QED) is 0.584. The molecule has 0 radical (unpaired) electrons. The first-order valence-electron chi connectivity index (χ1n) is 3.66. The van der Waals surface area contributed by atoms with Crippen LogP contribution in [0.3, 0.4) is 0 Å². The summed E-state index contributed by atoms with van der Waals surface area (Å²) in [6, 6.07) is 3.32. The summed E-state index contributed by atoms with van der Waals surface area (Å²) in [5, 5.41) is 9.55. The van der Waals surface area contributed by atoms with Gasteiger partial charge in [0.2, 0.25) is 6.08 Å². The molecule has 1 rings (SSSR count). The number of carbonyl (C=O) groups excluding carboxylic acids is 1. The van der Waals surface area contributed by atoms with Gasteiger partial charge in [0, 0.05) is 0 Å². The number of benzene rings is 1. The van der Waals surface area contributed by atoms with Crippen LogP contribution >= 0.6 is 11.6 Å². The monoisotopic (exact) mass is 197 g/mol. The van der Waals surface area contributed by atoms with Gasteiger partial charge in [-0.3, -0.25) is 0 Å². The van der Waals surface area contributed by atoms with E-state index < -0.39 is 0 Å². The molecule has 0 spiro atoms. The third kappa shape index (κ3) is 2.31. The lowest BCUT2D eigenvalue weighted by Gasteiger charge is -2.03. The maximum Gasteiger partial charge on any atom is 0.235 e. The Morgan fingerprint density at radius 1 is 1.62 bits per heavy atom. The van der Waals surface area contributed by atoms with Crippen LogP contribution in [0.25, 0.3) is 0 Å². The number of nitrogens with zero attached hydrogens (tertiary/aromatic N) is 1. The van der Waals surface area contributed by atoms with Crippen LogP contribution in [0.5, 0.6) is 5.75 Å². The summed E-state index contributed by atoms with van der Waals surface area (Å²) in [5.41, 5.74) is 1.50. The number of hydrogen-bond acceptors (Lipinski definition) is 3. The minimum atomic E-state index is 0.0118. The van der Waals surface area contributed by atoms with Gasteiger partial charge < -0.3 is 5.11 Å². The molecular formula is C9H8ClNO2. The first kappa shape index (κ1) is 9.78. The second-order valence-corrected chi connectivity index (χ2v) is 3.04. The zero-order valence-corrected chi connectivity index (χ0v) is 7.80. The molecule has 0 bridgehead atoms. The number of isocyanates is 1. The van der Waals surface area contributed by atoms with Crippen LogP contribution in [0.2, 0.25) is 5.02 Å². The minimum absolute atomic E-state index is 0.0118. The predicted octanol–water partition coefficient (Wildman–Crippen LogP) is 2.19. The van der Waals surface area contributed by atoms with Crippen LogP contribution < -0.4 is 0 Å². The number of hydrogen-bond donors (Lipinski definition) is 1.